The molecule has 10 atom stereocenters. The zero-order valence-electron chi connectivity index (χ0n) is 24.7. The zero-order chi connectivity index (χ0) is 30.3. The molecule has 0 radical (unpaired) electrons. The largest absolute Gasteiger partial charge is 0.462 e. The maximum atomic E-state index is 12.8. The molecule has 8 nitrogen and oxygen atoms in total. The molecule has 0 saturated heterocycles. The van der Waals surface area contributed by atoms with Crippen molar-refractivity contribution in [2.75, 3.05) is 39.6 Å². The van der Waals surface area contributed by atoms with E-state index in [9.17, 15) is 30.0 Å². The molecule has 2 unspecified atom stereocenters. The Morgan fingerprint density at radius 1 is 0.558 bits per heavy atom. The second-order valence-electron chi connectivity index (χ2n) is 13.0. The van der Waals surface area contributed by atoms with E-state index in [2.05, 4.69) is 0 Å². The van der Waals surface area contributed by atoms with Crippen LogP contribution in [0.1, 0.15) is 52.8 Å². The van der Waals surface area contributed by atoms with Crippen molar-refractivity contribution in [3.05, 3.63) is 71.8 Å². The van der Waals surface area contributed by atoms with Crippen LogP contribution in [0.5, 0.6) is 0 Å². The Balaban J connectivity index is 1.29. The molecule has 8 heteroatoms. The minimum atomic E-state index is -0.382. The molecule has 3 aliphatic carbocycles. The fraction of sp³-hybridized carbons (Fsp3) is 0.600. The Morgan fingerprint density at radius 2 is 0.930 bits per heavy atom. The van der Waals surface area contributed by atoms with Gasteiger partial charge in [-0.05, 0) is 104 Å². The van der Waals surface area contributed by atoms with Crippen LogP contribution >= 0.6 is 0 Å². The number of carbonyl (C=O) groups excluding carboxylic acids is 2. The van der Waals surface area contributed by atoms with Gasteiger partial charge in [-0.1, -0.05) is 36.4 Å². The quantitative estimate of drug-likeness (QED) is 0.273. The van der Waals surface area contributed by atoms with Crippen molar-refractivity contribution in [2.24, 2.45) is 59.2 Å². The first-order chi connectivity index (χ1) is 21.0. The second-order valence-corrected chi connectivity index (χ2v) is 13.0. The van der Waals surface area contributed by atoms with Crippen LogP contribution < -0.4 is 0 Å². The third-order valence-electron chi connectivity index (χ3n) is 10.9. The lowest BCUT2D eigenvalue weighted by Crippen LogP contribution is -2.33. The number of esters is 2. The Kier molecular flexibility index (Phi) is 10.9. The predicted octanol–water partition coefficient (Wildman–Crippen LogP) is 3.82. The molecule has 3 fully saturated rings. The third-order valence-corrected chi connectivity index (χ3v) is 10.9. The van der Waals surface area contributed by atoms with Gasteiger partial charge in [-0.25, -0.2) is 9.59 Å². The van der Waals surface area contributed by atoms with Crippen LogP contribution in [0.25, 0.3) is 0 Å². The molecular formula is C35H46O8. The highest BCUT2D eigenvalue weighted by Crippen LogP contribution is 2.56. The Hall–Kier alpha value is -2.78. The summed E-state index contributed by atoms with van der Waals surface area (Å²) < 4.78 is 11.6. The maximum Gasteiger partial charge on any atom is 0.338 e. The van der Waals surface area contributed by atoms with Crippen LogP contribution in [0.2, 0.25) is 0 Å². The summed E-state index contributed by atoms with van der Waals surface area (Å²) >= 11 is 0. The van der Waals surface area contributed by atoms with Crippen LogP contribution in [0, 0.1) is 59.2 Å². The third kappa shape index (κ3) is 6.98. The van der Waals surface area contributed by atoms with Gasteiger partial charge in [-0.15, -0.1) is 0 Å². The fourth-order valence-corrected chi connectivity index (χ4v) is 8.96. The Labute approximate surface area is 254 Å². The summed E-state index contributed by atoms with van der Waals surface area (Å²) in [6.07, 6.45) is 4.18. The number of rotatable bonds is 12. The van der Waals surface area contributed by atoms with Gasteiger partial charge >= 0.3 is 11.9 Å². The van der Waals surface area contributed by atoms with Crippen LogP contribution in [-0.2, 0) is 9.47 Å². The number of hydrogen-bond acceptors (Lipinski definition) is 8. The van der Waals surface area contributed by atoms with Gasteiger partial charge in [0.05, 0.1) is 24.3 Å². The van der Waals surface area contributed by atoms with E-state index >= 15 is 0 Å². The molecule has 43 heavy (non-hydrogen) atoms. The highest BCUT2D eigenvalue weighted by atomic mass is 16.5. The van der Waals surface area contributed by atoms with Crippen molar-refractivity contribution < 1.29 is 39.5 Å². The van der Waals surface area contributed by atoms with Crippen molar-refractivity contribution >= 4 is 11.9 Å². The summed E-state index contributed by atoms with van der Waals surface area (Å²) in [6.45, 7) is 0.429. The normalized spacial score (nSPS) is 33.9. The molecule has 4 N–H and O–H groups in total. The maximum absolute atomic E-state index is 12.8. The van der Waals surface area contributed by atoms with E-state index in [1.165, 1.54) is 0 Å². The lowest BCUT2D eigenvalue weighted by molar-refractivity contribution is 0.0206. The van der Waals surface area contributed by atoms with Gasteiger partial charge in [0.15, 0.2) is 0 Å². The molecule has 0 heterocycles. The van der Waals surface area contributed by atoms with Gasteiger partial charge in [0, 0.05) is 38.3 Å². The van der Waals surface area contributed by atoms with E-state index in [0.29, 0.717) is 24.0 Å². The average Bonchev–Trinajstić information content (AvgIpc) is 3.77. The van der Waals surface area contributed by atoms with Crippen molar-refractivity contribution in [3.63, 3.8) is 0 Å². The molecule has 5 rings (SSSR count). The summed E-state index contributed by atoms with van der Waals surface area (Å²) in [7, 11) is 0. The van der Waals surface area contributed by atoms with Crippen molar-refractivity contribution in [2.45, 2.75) is 32.1 Å². The first-order valence-corrected chi connectivity index (χ1v) is 15.9. The fourth-order valence-electron chi connectivity index (χ4n) is 8.96. The average molecular weight is 595 g/mol. The van der Waals surface area contributed by atoms with E-state index in [1.807, 2.05) is 12.1 Å². The summed E-state index contributed by atoms with van der Waals surface area (Å²) in [4.78, 5) is 25.5. The molecule has 0 aromatic heterocycles. The number of aliphatic hydroxyl groups is 4. The predicted molar refractivity (Wildman–Crippen MR) is 160 cm³/mol. The van der Waals surface area contributed by atoms with Gasteiger partial charge in [-0.2, -0.15) is 0 Å². The van der Waals surface area contributed by atoms with Gasteiger partial charge in [0.25, 0.3) is 0 Å². The van der Waals surface area contributed by atoms with E-state index in [4.69, 9.17) is 9.47 Å². The molecule has 2 aromatic rings. The van der Waals surface area contributed by atoms with Gasteiger partial charge in [0.2, 0.25) is 0 Å². The highest BCUT2D eigenvalue weighted by Gasteiger charge is 2.52. The number of carbonyl (C=O) groups is 2. The molecule has 3 aliphatic rings. The van der Waals surface area contributed by atoms with Gasteiger partial charge in [0.1, 0.15) is 0 Å². The molecule has 0 bridgehead atoms. The van der Waals surface area contributed by atoms with Crippen molar-refractivity contribution in [1.29, 1.82) is 0 Å². The summed E-state index contributed by atoms with van der Waals surface area (Å²) in [6, 6.07) is 17.8. The lowest BCUT2D eigenvalue weighted by atomic mass is 9.73. The summed E-state index contributed by atoms with van der Waals surface area (Å²) in [5, 5.41) is 41.2. The standard InChI is InChI=1S/C35H46O8/c36-16-26-14-28(18-38)32(30(26)20-42-34(40)22-7-3-1-4-8-22)24-11-12-25(13-24)33-29(19-39)15-27(17-37)31(33)21-43-35(41)23-9-5-2-6-10-23/h1-10,24-33,36-39H,11-21H2/t24?,25?,26-,27+,28+,29-,30+,31-,32+,33-. The molecular weight excluding hydrogens is 548 g/mol. The molecule has 2 aromatic carbocycles. The van der Waals surface area contributed by atoms with E-state index in [1.54, 1.807) is 48.5 Å². The van der Waals surface area contributed by atoms with Crippen LogP contribution in [0.4, 0.5) is 0 Å². The highest BCUT2D eigenvalue weighted by molar-refractivity contribution is 5.89. The van der Waals surface area contributed by atoms with E-state index < -0.39 is 0 Å². The van der Waals surface area contributed by atoms with Crippen LogP contribution in [0.3, 0.4) is 0 Å². The van der Waals surface area contributed by atoms with Crippen LogP contribution in [0.15, 0.2) is 60.7 Å². The second kappa shape index (κ2) is 14.8. The van der Waals surface area contributed by atoms with E-state index in [0.717, 1.165) is 19.3 Å². The number of benzene rings is 2. The molecule has 234 valence electrons. The number of aliphatic hydroxyl groups excluding tert-OH is 4. The van der Waals surface area contributed by atoms with Crippen molar-refractivity contribution in [1.82, 2.24) is 0 Å². The first-order valence-electron chi connectivity index (χ1n) is 15.9. The van der Waals surface area contributed by atoms with Gasteiger partial charge in [-0.3, -0.25) is 0 Å². The smallest absolute Gasteiger partial charge is 0.338 e. The molecule has 3 saturated carbocycles. The number of ether oxygens (including phenoxy) is 2. The minimum absolute atomic E-state index is 0.0149. The SMILES string of the molecule is O=C(OC[C@@H]1[C@H](CO)C[C@H](CO)[C@H]1C1CCC([C@H]2[C@H](CO)C[C@H](CO)[C@@H]2COC(=O)c2ccccc2)C1)c1ccccc1. The molecule has 0 amide bonds. The topological polar surface area (TPSA) is 134 Å². The van der Waals surface area contributed by atoms with Crippen LogP contribution in [-0.4, -0.2) is 72.0 Å². The van der Waals surface area contributed by atoms with Gasteiger partial charge < -0.3 is 29.9 Å². The molecule has 0 spiro atoms. The Morgan fingerprint density at radius 3 is 1.28 bits per heavy atom. The Bertz CT molecular complexity index is 1080. The zero-order valence-corrected chi connectivity index (χ0v) is 24.7. The monoisotopic (exact) mass is 594 g/mol. The minimum Gasteiger partial charge on any atom is -0.462 e. The number of hydrogen-bond donors (Lipinski definition) is 4. The summed E-state index contributed by atoms with van der Waals surface area (Å²) in [5.74, 6) is -0.167. The first kappa shape index (κ1) is 31.6. The lowest BCUT2D eigenvalue weighted by Gasteiger charge is -2.33. The van der Waals surface area contributed by atoms with Crippen molar-refractivity contribution in [3.8, 4) is 0 Å². The van der Waals surface area contributed by atoms with E-state index in [-0.39, 0.29) is 111 Å². The summed E-state index contributed by atoms with van der Waals surface area (Å²) in [5.41, 5.74) is 0.983. The molecule has 0 aliphatic heterocycles.